The maximum Gasteiger partial charge on any atom is 0.294 e. The van der Waals surface area contributed by atoms with Crippen LogP contribution in [0.5, 0.6) is 0 Å². The number of aromatic nitrogens is 1. The molecule has 0 unspecified atom stereocenters. The molecule has 29 heavy (non-hydrogen) atoms. The molecular weight excluding hydrogens is 364 g/mol. The molecule has 0 atom stereocenters. The van der Waals surface area contributed by atoms with Crippen LogP contribution < -0.4 is 0 Å². The van der Waals surface area contributed by atoms with Crippen molar-refractivity contribution in [3.05, 3.63) is 113 Å². The first kappa shape index (κ1) is 18.5. The van der Waals surface area contributed by atoms with E-state index in [0.717, 1.165) is 33.8 Å². The van der Waals surface area contributed by atoms with Gasteiger partial charge >= 0.3 is 0 Å². The van der Waals surface area contributed by atoms with Gasteiger partial charge in [-0.15, -0.1) is 10.1 Å². The molecule has 0 amide bonds. The largest absolute Gasteiger partial charge is 0.314 e. The third kappa shape index (κ3) is 4.04. The zero-order chi connectivity index (χ0) is 20.1. The Labute approximate surface area is 168 Å². The Balaban J connectivity index is 1.94. The average molecular weight is 384 g/mol. The van der Waals surface area contributed by atoms with Crippen molar-refractivity contribution in [2.24, 2.45) is 0 Å². The first-order chi connectivity index (χ1) is 14.2. The van der Waals surface area contributed by atoms with E-state index in [9.17, 15) is 10.1 Å². The first-order valence-corrected chi connectivity index (χ1v) is 9.42. The van der Waals surface area contributed by atoms with Crippen LogP contribution in [0, 0.1) is 10.1 Å². The van der Waals surface area contributed by atoms with Crippen LogP contribution in [-0.2, 0) is 11.3 Å². The monoisotopic (exact) mass is 384 g/mol. The number of rotatable bonds is 7. The van der Waals surface area contributed by atoms with Gasteiger partial charge < -0.3 is 9.40 Å². The van der Waals surface area contributed by atoms with Crippen molar-refractivity contribution in [1.82, 2.24) is 4.57 Å². The van der Waals surface area contributed by atoms with Crippen LogP contribution in [0.1, 0.15) is 5.56 Å². The van der Waals surface area contributed by atoms with Crippen molar-refractivity contribution >= 4 is 0 Å². The Hall–Kier alpha value is -3.86. The van der Waals surface area contributed by atoms with Gasteiger partial charge in [0.2, 0.25) is 0 Å². The highest BCUT2D eigenvalue weighted by Gasteiger charge is 2.19. The summed E-state index contributed by atoms with van der Waals surface area (Å²) in [5.41, 5.74) is 6.21. The molecule has 0 saturated carbocycles. The Morgan fingerprint density at radius 3 is 1.93 bits per heavy atom. The number of hydrogen-bond acceptors (Lipinski definition) is 3. The summed E-state index contributed by atoms with van der Waals surface area (Å²) >= 11 is 0. The van der Waals surface area contributed by atoms with Crippen LogP contribution >= 0.6 is 0 Å². The van der Waals surface area contributed by atoms with E-state index in [-0.39, 0.29) is 6.61 Å². The minimum atomic E-state index is -0.742. The van der Waals surface area contributed by atoms with Gasteiger partial charge in [0.25, 0.3) is 5.09 Å². The number of hydrogen-bond donors (Lipinski definition) is 0. The van der Waals surface area contributed by atoms with Crippen molar-refractivity contribution in [3.63, 3.8) is 0 Å². The highest BCUT2D eigenvalue weighted by molar-refractivity contribution is 5.76. The lowest BCUT2D eigenvalue weighted by Crippen LogP contribution is -2.06. The fourth-order valence-electron chi connectivity index (χ4n) is 3.56. The second-order valence-corrected chi connectivity index (χ2v) is 6.61. The topological polar surface area (TPSA) is 57.3 Å². The van der Waals surface area contributed by atoms with Crippen molar-refractivity contribution in [3.8, 4) is 28.2 Å². The fraction of sp³-hybridized carbons (Fsp3) is 0.0833. The molecule has 0 aliphatic rings. The molecule has 0 aliphatic heterocycles. The predicted octanol–water partition coefficient (Wildman–Crippen LogP) is 5.56. The Kier molecular flexibility index (Phi) is 5.38. The molecule has 4 rings (SSSR count). The molecule has 0 bridgehead atoms. The molecule has 4 aromatic rings. The van der Waals surface area contributed by atoms with Crippen LogP contribution in [0.15, 0.2) is 97.1 Å². The lowest BCUT2D eigenvalue weighted by molar-refractivity contribution is -0.757. The summed E-state index contributed by atoms with van der Waals surface area (Å²) in [4.78, 5) is 15.2. The second-order valence-electron chi connectivity index (χ2n) is 6.61. The minimum Gasteiger partial charge on any atom is -0.314 e. The van der Waals surface area contributed by atoms with Gasteiger partial charge in [0.15, 0.2) is 0 Å². The van der Waals surface area contributed by atoms with Crippen molar-refractivity contribution in [2.45, 2.75) is 6.42 Å². The molecule has 0 fully saturated rings. The quantitative estimate of drug-likeness (QED) is 0.309. The maximum atomic E-state index is 10.6. The zero-order valence-electron chi connectivity index (χ0n) is 15.8. The summed E-state index contributed by atoms with van der Waals surface area (Å²) in [7, 11) is 0. The average Bonchev–Trinajstić information content (AvgIpc) is 3.15. The van der Waals surface area contributed by atoms with E-state index < -0.39 is 5.09 Å². The van der Waals surface area contributed by atoms with Gasteiger partial charge in [0.05, 0.1) is 11.4 Å². The maximum absolute atomic E-state index is 10.6. The van der Waals surface area contributed by atoms with E-state index in [0.29, 0.717) is 6.42 Å². The smallest absolute Gasteiger partial charge is 0.294 e. The van der Waals surface area contributed by atoms with Gasteiger partial charge in [-0.3, -0.25) is 0 Å². The summed E-state index contributed by atoms with van der Waals surface area (Å²) in [6, 6.07) is 32.5. The number of benzene rings is 3. The molecular formula is C24H20N2O3. The van der Waals surface area contributed by atoms with E-state index in [2.05, 4.69) is 51.9 Å². The van der Waals surface area contributed by atoms with Gasteiger partial charge in [-0.1, -0.05) is 78.9 Å². The third-order valence-electron chi connectivity index (χ3n) is 4.78. The normalized spacial score (nSPS) is 10.6. The second kappa shape index (κ2) is 8.44. The van der Waals surface area contributed by atoms with Crippen molar-refractivity contribution in [2.75, 3.05) is 6.61 Å². The Morgan fingerprint density at radius 1 is 0.793 bits per heavy atom. The molecule has 0 saturated heterocycles. The van der Waals surface area contributed by atoms with Gasteiger partial charge in [-0.2, -0.15) is 0 Å². The lowest BCUT2D eigenvalue weighted by atomic mass is 10.1. The van der Waals surface area contributed by atoms with Gasteiger partial charge in [0.1, 0.15) is 6.61 Å². The molecule has 3 aromatic carbocycles. The van der Waals surface area contributed by atoms with E-state index in [4.69, 9.17) is 0 Å². The number of nitrogens with zero attached hydrogens (tertiary/aromatic N) is 2. The predicted molar refractivity (Wildman–Crippen MR) is 113 cm³/mol. The Bertz CT molecular complexity index is 1090. The van der Waals surface area contributed by atoms with Crippen LogP contribution in [0.3, 0.4) is 0 Å². The van der Waals surface area contributed by atoms with E-state index in [1.807, 2.05) is 54.6 Å². The molecule has 144 valence electrons. The highest BCUT2D eigenvalue weighted by Crippen LogP contribution is 2.36. The summed E-state index contributed by atoms with van der Waals surface area (Å²) in [5, 5.41) is 9.90. The van der Waals surface area contributed by atoms with E-state index in [1.54, 1.807) is 0 Å². The summed E-state index contributed by atoms with van der Waals surface area (Å²) < 4.78 is 2.21. The summed E-state index contributed by atoms with van der Waals surface area (Å²) in [5.74, 6) is 0. The van der Waals surface area contributed by atoms with Gasteiger partial charge in [-0.05, 0) is 41.3 Å². The molecule has 0 radical (unpaired) electrons. The summed E-state index contributed by atoms with van der Waals surface area (Å²) in [6.07, 6.45) is 0.435. The van der Waals surface area contributed by atoms with Gasteiger partial charge in [0, 0.05) is 5.69 Å². The first-order valence-electron chi connectivity index (χ1n) is 9.42. The standard InChI is InChI=1S/C24H20N2O3/c27-26(28)29-17-16-21-18-23(19-10-4-1-5-11-19)25(22-14-8-3-9-15-22)24(21)20-12-6-2-7-13-20/h1-15,18H,16-17H2. The van der Waals surface area contributed by atoms with Gasteiger partial charge in [-0.25, -0.2) is 0 Å². The number of para-hydroxylation sites is 1. The highest BCUT2D eigenvalue weighted by atomic mass is 16.9. The van der Waals surface area contributed by atoms with Crippen LogP contribution in [-0.4, -0.2) is 16.3 Å². The van der Waals surface area contributed by atoms with E-state index >= 15 is 0 Å². The minimum absolute atomic E-state index is 0.0138. The lowest BCUT2D eigenvalue weighted by Gasteiger charge is -2.15. The molecule has 1 heterocycles. The molecule has 0 spiro atoms. The molecule has 1 aromatic heterocycles. The van der Waals surface area contributed by atoms with Crippen LogP contribution in [0.25, 0.3) is 28.2 Å². The molecule has 5 nitrogen and oxygen atoms in total. The van der Waals surface area contributed by atoms with E-state index in [1.165, 1.54) is 0 Å². The van der Waals surface area contributed by atoms with Crippen molar-refractivity contribution in [1.29, 1.82) is 0 Å². The zero-order valence-corrected chi connectivity index (χ0v) is 15.8. The SMILES string of the molecule is O=[N+]([O-])OCCc1cc(-c2ccccc2)n(-c2ccccc2)c1-c1ccccc1. The Morgan fingerprint density at radius 2 is 1.34 bits per heavy atom. The van der Waals surface area contributed by atoms with Crippen molar-refractivity contribution < 1.29 is 9.92 Å². The fourth-order valence-corrected chi connectivity index (χ4v) is 3.56. The molecule has 0 N–H and O–H groups in total. The molecule has 5 heteroatoms. The third-order valence-corrected chi connectivity index (χ3v) is 4.78. The van der Waals surface area contributed by atoms with Crippen LogP contribution in [0.4, 0.5) is 0 Å². The summed E-state index contributed by atoms with van der Waals surface area (Å²) in [6.45, 7) is 0.0138. The van der Waals surface area contributed by atoms with Crippen LogP contribution in [0.2, 0.25) is 0 Å². The molecule has 0 aliphatic carbocycles.